The lowest BCUT2D eigenvalue weighted by atomic mass is 10.2. The molecule has 1 aliphatic rings. The molecule has 0 saturated carbocycles. The summed E-state index contributed by atoms with van der Waals surface area (Å²) >= 11 is 0. The van der Waals surface area contributed by atoms with Crippen molar-refractivity contribution in [3.8, 4) is 11.9 Å². The summed E-state index contributed by atoms with van der Waals surface area (Å²) in [6, 6.07) is 12.0. The van der Waals surface area contributed by atoms with Crippen molar-refractivity contribution in [3.05, 3.63) is 53.7 Å². The molecule has 1 aromatic heterocycles. The maximum Gasteiger partial charge on any atom is 0.243 e. The van der Waals surface area contributed by atoms with Gasteiger partial charge in [-0.05, 0) is 25.1 Å². The van der Waals surface area contributed by atoms with Crippen LogP contribution in [-0.4, -0.2) is 36.9 Å². The highest BCUT2D eigenvalue weighted by atomic mass is 32.2. The number of hydrogen-bond acceptors (Lipinski definition) is 5. The topological polar surface area (TPSA) is 83.3 Å². The summed E-state index contributed by atoms with van der Waals surface area (Å²) in [6.45, 7) is 2.49. The Hall–Kier alpha value is -2.43. The van der Waals surface area contributed by atoms with Crippen molar-refractivity contribution in [3.63, 3.8) is 0 Å². The first kappa shape index (κ1) is 15.5. The Morgan fingerprint density at radius 2 is 1.91 bits per heavy atom. The van der Waals surface area contributed by atoms with E-state index in [1.54, 1.807) is 36.4 Å². The Morgan fingerprint density at radius 1 is 1.22 bits per heavy atom. The standard InChI is InChI=1S/C16H15N3O3S/c1-12-2-5-15(6-3-12)23(20,21)19-10-14(11-19)22-16-7-4-13(8-17)9-18-16/h2-7,9,14H,10-11H2,1H3. The number of rotatable bonds is 4. The monoisotopic (exact) mass is 329 g/mol. The van der Waals surface area contributed by atoms with E-state index in [1.165, 1.54) is 10.5 Å². The largest absolute Gasteiger partial charge is 0.472 e. The van der Waals surface area contributed by atoms with E-state index in [-0.39, 0.29) is 24.1 Å². The lowest BCUT2D eigenvalue weighted by molar-refractivity contribution is 0.0721. The molecule has 1 aliphatic heterocycles. The van der Waals surface area contributed by atoms with Crippen LogP contribution in [0.4, 0.5) is 0 Å². The quantitative estimate of drug-likeness (QED) is 0.853. The second-order valence-corrected chi connectivity index (χ2v) is 7.31. The van der Waals surface area contributed by atoms with Crippen LogP contribution in [0, 0.1) is 18.3 Å². The summed E-state index contributed by atoms with van der Waals surface area (Å²) < 4.78 is 31.8. The minimum Gasteiger partial charge on any atom is -0.472 e. The minimum atomic E-state index is -3.47. The van der Waals surface area contributed by atoms with Gasteiger partial charge in [0.2, 0.25) is 15.9 Å². The molecule has 0 radical (unpaired) electrons. The zero-order chi connectivity index (χ0) is 16.4. The number of benzene rings is 1. The molecule has 0 N–H and O–H groups in total. The summed E-state index contributed by atoms with van der Waals surface area (Å²) in [5.74, 6) is 0.390. The van der Waals surface area contributed by atoms with E-state index >= 15 is 0 Å². The fourth-order valence-electron chi connectivity index (χ4n) is 2.22. The number of sulfonamides is 1. The molecule has 7 heteroatoms. The molecule has 0 amide bonds. The number of nitriles is 1. The molecular weight excluding hydrogens is 314 g/mol. The number of nitrogens with zero attached hydrogens (tertiary/aromatic N) is 3. The van der Waals surface area contributed by atoms with Crippen molar-refractivity contribution >= 4 is 10.0 Å². The number of hydrogen-bond donors (Lipinski definition) is 0. The second kappa shape index (κ2) is 5.99. The number of pyridine rings is 1. The van der Waals surface area contributed by atoms with Crippen LogP contribution >= 0.6 is 0 Å². The third-order valence-electron chi connectivity index (χ3n) is 3.63. The van der Waals surface area contributed by atoms with Crippen molar-refractivity contribution in [1.82, 2.24) is 9.29 Å². The van der Waals surface area contributed by atoms with Crippen molar-refractivity contribution < 1.29 is 13.2 Å². The van der Waals surface area contributed by atoms with Gasteiger partial charge in [0.25, 0.3) is 0 Å². The highest BCUT2D eigenvalue weighted by Crippen LogP contribution is 2.24. The molecule has 0 unspecified atom stereocenters. The maximum absolute atomic E-state index is 12.4. The lowest BCUT2D eigenvalue weighted by Gasteiger charge is -2.37. The molecule has 0 bridgehead atoms. The van der Waals surface area contributed by atoms with E-state index in [1.807, 2.05) is 13.0 Å². The van der Waals surface area contributed by atoms with Gasteiger partial charge in [0.15, 0.2) is 0 Å². The van der Waals surface area contributed by atoms with Crippen molar-refractivity contribution in [2.75, 3.05) is 13.1 Å². The third kappa shape index (κ3) is 3.18. The normalized spacial score (nSPS) is 15.7. The minimum absolute atomic E-state index is 0.226. The predicted molar refractivity (Wildman–Crippen MR) is 83.3 cm³/mol. The summed E-state index contributed by atoms with van der Waals surface area (Å²) in [4.78, 5) is 4.30. The number of aromatic nitrogens is 1. The number of ether oxygens (including phenoxy) is 1. The SMILES string of the molecule is Cc1ccc(S(=O)(=O)N2CC(Oc3ccc(C#N)cn3)C2)cc1. The van der Waals surface area contributed by atoms with Gasteiger partial charge in [-0.25, -0.2) is 13.4 Å². The van der Waals surface area contributed by atoms with Gasteiger partial charge < -0.3 is 4.74 Å². The second-order valence-electron chi connectivity index (χ2n) is 5.37. The van der Waals surface area contributed by atoms with E-state index in [0.717, 1.165) is 5.56 Å². The van der Waals surface area contributed by atoms with E-state index < -0.39 is 10.0 Å². The molecule has 1 saturated heterocycles. The molecule has 6 nitrogen and oxygen atoms in total. The summed E-state index contributed by atoms with van der Waals surface area (Å²) in [6.07, 6.45) is 1.20. The van der Waals surface area contributed by atoms with Gasteiger partial charge in [-0.1, -0.05) is 17.7 Å². The molecule has 0 spiro atoms. The summed E-state index contributed by atoms with van der Waals surface area (Å²) in [7, 11) is -3.47. The number of aryl methyl sites for hydroxylation is 1. The average molecular weight is 329 g/mol. The lowest BCUT2D eigenvalue weighted by Crippen LogP contribution is -2.56. The molecule has 23 heavy (non-hydrogen) atoms. The fraction of sp³-hybridized carbons (Fsp3) is 0.250. The van der Waals surface area contributed by atoms with E-state index in [4.69, 9.17) is 10.00 Å². The summed E-state index contributed by atoms with van der Waals surface area (Å²) in [5, 5.41) is 8.71. The van der Waals surface area contributed by atoms with Crippen molar-refractivity contribution in [2.24, 2.45) is 0 Å². The Kier molecular flexibility index (Phi) is 4.03. The van der Waals surface area contributed by atoms with Crippen LogP contribution in [0.15, 0.2) is 47.5 Å². The van der Waals surface area contributed by atoms with Crippen LogP contribution in [0.25, 0.3) is 0 Å². The van der Waals surface area contributed by atoms with Gasteiger partial charge in [0, 0.05) is 12.3 Å². The fourth-order valence-corrected chi connectivity index (χ4v) is 3.72. The van der Waals surface area contributed by atoms with Gasteiger partial charge in [0.1, 0.15) is 12.2 Å². The highest BCUT2D eigenvalue weighted by molar-refractivity contribution is 7.89. The molecule has 0 aliphatic carbocycles. The van der Waals surface area contributed by atoms with Crippen molar-refractivity contribution in [2.45, 2.75) is 17.9 Å². The van der Waals surface area contributed by atoms with E-state index in [9.17, 15) is 8.42 Å². The van der Waals surface area contributed by atoms with Gasteiger partial charge in [0.05, 0.1) is 23.5 Å². The summed E-state index contributed by atoms with van der Waals surface area (Å²) in [5.41, 5.74) is 1.47. The first-order chi connectivity index (χ1) is 11.0. The average Bonchev–Trinajstić information content (AvgIpc) is 2.51. The first-order valence-electron chi connectivity index (χ1n) is 7.08. The van der Waals surface area contributed by atoms with Gasteiger partial charge in [-0.2, -0.15) is 9.57 Å². The molecule has 2 heterocycles. The van der Waals surface area contributed by atoms with Crippen molar-refractivity contribution in [1.29, 1.82) is 5.26 Å². The Balaban J connectivity index is 1.61. The molecule has 3 rings (SSSR count). The maximum atomic E-state index is 12.4. The van der Waals surface area contributed by atoms with Crippen LogP contribution in [0.3, 0.4) is 0 Å². The molecule has 118 valence electrons. The molecular formula is C16H15N3O3S. The van der Waals surface area contributed by atoms with E-state index in [0.29, 0.717) is 11.4 Å². The van der Waals surface area contributed by atoms with Gasteiger partial charge >= 0.3 is 0 Å². The van der Waals surface area contributed by atoms with Crippen LogP contribution in [0.1, 0.15) is 11.1 Å². The van der Waals surface area contributed by atoms with Crippen LogP contribution < -0.4 is 4.74 Å². The van der Waals surface area contributed by atoms with Gasteiger partial charge in [-0.15, -0.1) is 0 Å². The molecule has 1 aromatic carbocycles. The molecule has 0 atom stereocenters. The Morgan fingerprint density at radius 3 is 2.48 bits per heavy atom. The molecule has 2 aromatic rings. The Bertz CT molecular complexity index is 834. The van der Waals surface area contributed by atoms with Crippen LogP contribution in [0.5, 0.6) is 5.88 Å². The first-order valence-corrected chi connectivity index (χ1v) is 8.53. The van der Waals surface area contributed by atoms with E-state index in [2.05, 4.69) is 4.98 Å². The zero-order valence-electron chi connectivity index (χ0n) is 12.5. The Labute approximate surface area is 135 Å². The van der Waals surface area contributed by atoms with Gasteiger partial charge in [-0.3, -0.25) is 0 Å². The predicted octanol–water partition coefficient (Wildman–Crippen LogP) is 1.71. The molecule has 1 fully saturated rings. The van der Waals surface area contributed by atoms with Crippen LogP contribution in [0.2, 0.25) is 0 Å². The van der Waals surface area contributed by atoms with Crippen LogP contribution in [-0.2, 0) is 10.0 Å². The highest BCUT2D eigenvalue weighted by Gasteiger charge is 2.38. The smallest absolute Gasteiger partial charge is 0.243 e. The third-order valence-corrected chi connectivity index (χ3v) is 5.47. The zero-order valence-corrected chi connectivity index (χ0v) is 13.3.